The number of aryl methyl sites for hydroxylation is 1. The fourth-order valence-electron chi connectivity index (χ4n) is 3.33. The minimum Gasteiger partial charge on any atom is -0.365 e. The van der Waals surface area contributed by atoms with E-state index in [0.717, 1.165) is 12.1 Å². The van der Waals surface area contributed by atoms with Crippen LogP contribution in [0.15, 0.2) is 24.3 Å². The summed E-state index contributed by atoms with van der Waals surface area (Å²) in [5.41, 5.74) is 3.09. The summed E-state index contributed by atoms with van der Waals surface area (Å²) in [6.45, 7) is 2.32. The molecule has 1 aromatic rings. The quantitative estimate of drug-likeness (QED) is 0.673. The zero-order valence-electron chi connectivity index (χ0n) is 9.45. The van der Waals surface area contributed by atoms with Crippen LogP contribution in [0.4, 0.5) is 5.69 Å². The molecule has 0 amide bonds. The molecule has 2 aliphatic rings. The van der Waals surface area contributed by atoms with Gasteiger partial charge < -0.3 is 4.90 Å². The standard InChI is InChI=1S/C14H19N/c1-2-12-9-10-13-8-7-11-5-3-4-6-14(11)15(12)13/h3-6,12-13H,2,7-10H2,1H3. The molecule has 1 fully saturated rings. The Morgan fingerprint density at radius 3 is 2.93 bits per heavy atom. The van der Waals surface area contributed by atoms with E-state index in [-0.39, 0.29) is 0 Å². The van der Waals surface area contributed by atoms with Crippen molar-refractivity contribution in [2.75, 3.05) is 4.90 Å². The number of fused-ring (bicyclic) bond motifs is 3. The van der Waals surface area contributed by atoms with Gasteiger partial charge in [0.2, 0.25) is 0 Å². The molecule has 0 aromatic heterocycles. The first-order valence-electron chi connectivity index (χ1n) is 6.26. The summed E-state index contributed by atoms with van der Waals surface area (Å²) in [4.78, 5) is 2.71. The van der Waals surface area contributed by atoms with Crippen molar-refractivity contribution in [3.8, 4) is 0 Å². The third-order valence-electron chi connectivity index (χ3n) is 4.11. The lowest BCUT2D eigenvalue weighted by atomic mass is 9.96. The summed E-state index contributed by atoms with van der Waals surface area (Å²) in [6, 6.07) is 10.6. The Labute approximate surface area is 92.1 Å². The Morgan fingerprint density at radius 2 is 2.07 bits per heavy atom. The highest BCUT2D eigenvalue weighted by atomic mass is 15.2. The highest BCUT2D eigenvalue weighted by Crippen LogP contribution is 2.39. The van der Waals surface area contributed by atoms with Crippen molar-refractivity contribution in [1.82, 2.24) is 0 Å². The summed E-state index contributed by atoms with van der Waals surface area (Å²) in [5, 5.41) is 0. The second-order valence-corrected chi connectivity index (χ2v) is 4.87. The van der Waals surface area contributed by atoms with Crippen molar-refractivity contribution >= 4 is 5.69 Å². The second kappa shape index (κ2) is 3.55. The van der Waals surface area contributed by atoms with Crippen molar-refractivity contribution in [1.29, 1.82) is 0 Å². The van der Waals surface area contributed by atoms with E-state index in [1.807, 2.05) is 0 Å². The van der Waals surface area contributed by atoms with E-state index in [0.29, 0.717) is 0 Å². The lowest BCUT2D eigenvalue weighted by Gasteiger charge is -2.37. The van der Waals surface area contributed by atoms with Crippen molar-refractivity contribution < 1.29 is 0 Å². The number of para-hydroxylation sites is 1. The maximum atomic E-state index is 2.71. The molecule has 2 heterocycles. The number of anilines is 1. The van der Waals surface area contributed by atoms with Crippen LogP contribution >= 0.6 is 0 Å². The van der Waals surface area contributed by atoms with E-state index in [1.165, 1.54) is 37.8 Å². The normalized spacial score (nSPS) is 28.7. The largest absolute Gasteiger partial charge is 0.365 e. The van der Waals surface area contributed by atoms with Gasteiger partial charge in [0.1, 0.15) is 0 Å². The van der Waals surface area contributed by atoms with Gasteiger partial charge in [-0.05, 0) is 43.7 Å². The summed E-state index contributed by atoms with van der Waals surface area (Å²) in [6.07, 6.45) is 6.76. The maximum Gasteiger partial charge on any atom is 0.0403 e. The van der Waals surface area contributed by atoms with Gasteiger partial charge >= 0.3 is 0 Å². The van der Waals surface area contributed by atoms with Gasteiger partial charge in [0, 0.05) is 17.8 Å². The fourth-order valence-corrected chi connectivity index (χ4v) is 3.33. The number of hydrogen-bond acceptors (Lipinski definition) is 1. The minimum absolute atomic E-state index is 0.802. The molecule has 0 saturated carbocycles. The Hall–Kier alpha value is -0.980. The number of nitrogens with zero attached hydrogens (tertiary/aromatic N) is 1. The van der Waals surface area contributed by atoms with Crippen LogP contribution in [-0.4, -0.2) is 12.1 Å². The molecule has 0 spiro atoms. The third-order valence-corrected chi connectivity index (χ3v) is 4.11. The molecule has 1 aromatic carbocycles. The Balaban J connectivity index is 2.02. The van der Waals surface area contributed by atoms with E-state index in [4.69, 9.17) is 0 Å². The van der Waals surface area contributed by atoms with Crippen LogP contribution in [0.2, 0.25) is 0 Å². The van der Waals surface area contributed by atoms with Crippen LogP contribution in [0.3, 0.4) is 0 Å². The first kappa shape index (κ1) is 9.26. The number of hydrogen-bond donors (Lipinski definition) is 0. The molecule has 1 heteroatoms. The van der Waals surface area contributed by atoms with Crippen LogP contribution in [0.25, 0.3) is 0 Å². The SMILES string of the molecule is CCC1CCC2CCc3ccccc3N12. The molecule has 2 atom stereocenters. The smallest absolute Gasteiger partial charge is 0.0403 e. The zero-order valence-corrected chi connectivity index (χ0v) is 9.45. The molecule has 0 N–H and O–H groups in total. The molecular weight excluding hydrogens is 182 g/mol. The third kappa shape index (κ3) is 1.37. The topological polar surface area (TPSA) is 3.24 Å². The predicted molar refractivity (Wildman–Crippen MR) is 64.3 cm³/mol. The molecule has 15 heavy (non-hydrogen) atoms. The van der Waals surface area contributed by atoms with Gasteiger partial charge in [0.05, 0.1) is 0 Å². The van der Waals surface area contributed by atoms with Crippen LogP contribution < -0.4 is 4.90 Å². The average Bonchev–Trinajstić information content (AvgIpc) is 2.72. The molecule has 1 nitrogen and oxygen atoms in total. The van der Waals surface area contributed by atoms with Gasteiger partial charge in [-0.1, -0.05) is 25.1 Å². The van der Waals surface area contributed by atoms with Crippen LogP contribution in [0.1, 0.15) is 38.2 Å². The van der Waals surface area contributed by atoms with Crippen molar-refractivity contribution in [3.05, 3.63) is 29.8 Å². The van der Waals surface area contributed by atoms with Gasteiger partial charge in [0.25, 0.3) is 0 Å². The first-order valence-corrected chi connectivity index (χ1v) is 6.26. The Morgan fingerprint density at radius 1 is 1.20 bits per heavy atom. The van der Waals surface area contributed by atoms with E-state index >= 15 is 0 Å². The molecule has 3 rings (SSSR count). The Bertz CT molecular complexity index is 358. The lowest BCUT2D eigenvalue weighted by Crippen LogP contribution is -2.39. The predicted octanol–water partition coefficient (Wildman–Crippen LogP) is 3.38. The molecule has 0 radical (unpaired) electrons. The highest BCUT2D eigenvalue weighted by Gasteiger charge is 2.35. The average molecular weight is 201 g/mol. The minimum atomic E-state index is 0.802. The van der Waals surface area contributed by atoms with Crippen molar-refractivity contribution in [2.24, 2.45) is 0 Å². The fraction of sp³-hybridized carbons (Fsp3) is 0.571. The van der Waals surface area contributed by atoms with Crippen LogP contribution in [0.5, 0.6) is 0 Å². The van der Waals surface area contributed by atoms with Crippen molar-refractivity contribution in [3.63, 3.8) is 0 Å². The van der Waals surface area contributed by atoms with Gasteiger partial charge in [-0.15, -0.1) is 0 Å². The molecular formula is C14H19N. The van der Waals surface area contributed by atoms with Crippen molar-refractivity contribution in [2.45, 2.75) is 51.1 Å². The van der Waals surface area contributed by atoms with E-state index in [2.05, 4.69) is 36.1 Å². The molecule has 0 bridgehead atoms. The van der Waals surface area contributed by atoms with E-state index in [1.54, 1.807) is 5.56 Å². The summed E-state index contributed by atoms with van der Waals surface area (Å²) in [7, 11) is 0. The molecule has 80 valence electrons. The molecule has 1 saturated heterocycles. The molecule has 2 aliphatic heterocycles. The lowest BCUT2D eigenvalue weighted by molar-refractivity contribution is 0.554. The second-order valence-electron chi connectivity index (χ2n) is 4.87. The summed E-state index contributed by atoms with van der Waals surface area (Å²) >= 11 is 0. The van der Waals surface area contributed by atoms with Gasteiger partial charge in [-0.2, -0.15) is 0 Å². The van der Waals surface area contributed by atoms with E-state index < -0.39 is 0 Å². The number of benzene rings is 1. The van der Waals surface area contributed by atoms with E-state index in [9.17, 15) is 0 Å². The summed E-state index contributed by atoms with van der Waals surface area (Å²) in [5.74, 6) is 0. The maximum absolute atomic E-state index is 2.71. The highest BCUT2D eigenvalue weighted by molar-refractivity contribution is 5.58. The Kier molecular flexibility index (Phi) is 2.19. The van der Waals surface area contributed by atoms with Gasteiger partial charge in [0.15, 0.2) is 0 Å². The number of rotatable bonds is 1. The molecule has 2 unspecified atom stereocenters. The zero-order chi connectivity index (χ0) is 10.3. The van der Waals surface area contributed by atoms with Crippen LogP contribution in [0, 0.1) is 0 Å². The molecule has 0 aliphatic carbocycles. The first-order chi connectivity index (χ1) is 7.40. The summed E-state index contributed by atoms with van der Waals surface area (Å²) < 4.78 is 0. The monoisotopic (exact) mass is 201 g/mol. The van der Waals surface area contributed by atoms with Gasteiger partial charge in [-0.3, -0.25) is 0 Å². The van der Waals surface area contributed by atoms with Gasteiger partial charge in [-0.25, -0.2) is 0 Å². The van der Waals surface area contributed by atoms with Crippen LogP contribution in [-0.2, 0) is 6.42 Å².